The summed E-state index contributed by atoms with van der Waals surface area (Å²) in [6, 6.07) is 22.0. The zero-order valence-electron chi connectivity index (χ0n) is 13.7. The van der Waals surface area contributed by atoms with Crippen molar-refractivity contribution in [2.75, 3.05) is 4.72 Å². The third-order valence-corrected chi connectivity index (χ3v) is 5.28. The highest BCUT2D eigenvalue weighted by atomic mass is 32.2. The fraction of sp³-hybridized carbons (Fsp3) is 0. The smallest absolute Gasteiger partial charge is 0.276 e. The summed E-state index contributed by atoms with van der Waals surface area (Å²) in [5, 5.41) is 0.824. The highest BCUT2D eigenvalue weighted by molar-refractivity contribution is 7.92. The number of sulfonamides is 1. The molecule has 0 atom stereocenters. The first-order valence-electron chi connectivity index (χ1n) is 8.01. The Balaban J connectivity index is 1.66. The Kier molecular flexibility index (Phi) is 4.10. The van der Waals surface area contributed by atoms with Gasteiger partial charge in [-0.15, -0.1) is 0 Å². The first-order valence-corrected chi connectivity index (χ1v) is 9.50. The Morgan fingerprint density at radius 2 is 1.54 bits per heavy atom. The standard InChI is InChI=1S/C20H15N3O2S/c24-26(25,23-18-10-4-8-16-9-5-13-21-20(16)18)19-12-11-17(14-22-19)15-6-2-1-3-7-15/h1-14,23H. The average molecular weight is 361 g/mol. The van der Waals surface area contributed by atoms with Crippen molar-refractivity contribution in [1.82, 2.24) is 9.97 Å². The molecule has 2 aromatic carbocycles. The molecule has 0 unspecified atom stereocenters. The molecular weight excluding hydrogens is 346 g/mol. The van der Waals surface area contributed by atoms with Crippen molar-refractivity contribution in [1.29, 1.82) is 0 Å². The van der Waals surface area contributed by atoms with Gasteiger partial charge in [0.1, 0.15) is 0 Å². The van der Waals surface area contributed by atoms with Crippen molar-refractivity contribution in [3.63, 3.8) is 0 Å². The number of hydrogen-bond acceptors (Lipinski definition) is 4. The van der Waals surface area contributed by atoms with Gasteiger partial charge >= 0.3 is 0 Å². The van der Waals surface area contributed by atoms with Gasteiger partial charge in [0, 0.05) is 23.3 Å². The molecule has 0 fully saturated rings. The Morgan fingerprint density at radius 3 is 2.31 bits per heavy atom. The molecule has 0 aliphatic rings. The normalized spacial score (nSPS) is 11.4. The van der Waals surface area contributed by atoms with Crippen molar-refractivity contribution < 1.29 is 8.42 Å². The predicted octanol–water partition coefficient (Wildman–Crippen LogP) is 4.10. The average Bonchev–Trinajstić information content (AvgIpc) is 2.69. The lowest BCUT2D eigenvalue weighted by Gasteiger charge is -2.10. The topological polar surface area (TPSA) is 72.0 Å². The summed E-state index contributed by atoms with van der Waals surface area (Å²) in [6.07, 6.45) is 3.19. The number of rotatable bonds is 4. The number of hydrogen-bond donors (Lipinski definition) is 1. The Hall–Kier alpha value is -3.25. The third kappa shape index (κ3) is 3.14. The molecule has 128 valence electrons. The molecule has 0 saturated heterocycles. The van der Waals surface area contributed by atoms with E-state index < -0.39 is 10.0 Å². The molecule has 0 aliphatic carbocycles. The van der Waals surface area contributed by atoms with E-state index >= 15 is 0 Å². The zero-order chi connectivity index (χ0) is 18.0. The van der Waals surface area contributed by atoms with E-state index in [4.69, 9.17) is 0 Å². The number of pyridine rings is 2. The van der Waals surface area contributed by atoms with E-state index in [0.717, 1.165) is 16.5 Å². The molecule has 1 N–H and O–H groups in total. The molecule has 4 rings (SSSR count). The molecule has 0 bridgehead atoms. The van der Waals surface area contributed by atoms with Gasteiger partial charge in [-0.05, 0) is 29.8 Å². The first kappa shape index (κ1) is 16.2. The van der Waals surface area contributed by atoms with Crippen molar-refractivity contribution in [3.05, 3.63) is 85.2 Å². The van der Waals surface area contributed by atoms with Crippen LogP contribution in [0.5, 0.6) is 0 Å². The molecule has 26 heavy (non-hydrogen) atoms. The number of aromatic nitrogens is 2. The summed E-state index contributed by atoms with van der Waals surface area (Å²) < 4.78 is 28.0. The van der Waals surface area contributed by atoms with Crippen LogP contribution >= 0.6 is 0 Å². The van der Waals surface area contributed by atoms with Crippen LogP contribution in [0.25, 0.3) is 22.0 Å². The van der Waals surface area contributed by atoms with Gasteiger partial charge in [-0.1, -0.05) is 48.5 Å². The van der Waals surface area contributed by atoms with E-state index in [1.807, 2.05) is 48.5 Å². The summed E-state index contributed by atoms with van der Waals surface area (Å²) >= 11 is 0. The number of nitrogens with zero attached hydrogens (tertiary/aromatic N) is 2. The van der Waals surface area contributed by atoms with Gasteiger partial charge in [0.25, 0.3) is 10.0 Å². The van der Waals surface area contributed by atoms with Gasteiger partial charge in [0.15, 0.2) is 5.03 Å². The minimum Gasteiger partial charge on any atom is -0.276 e. The molecule has 0 radical (unpaired) electrons. The van der Waals surface area contributed by atoms with E-state index in [-0.39, 0.29) is 5.03 Å². The first-order chi connectivity index (χ1) is 12.6. The molecular formula is C20H15N3O2S. The minimum absolute atomic E-state index is 0.0369. The largest absolute Gasteiger partial charge is 0.279 e. The van der Waals surface area contributed by atoms with Gasteiger partial charge in [0.2, 0.25) is 0 Å². The van der Waals surface area contributed by atoms with E-state index in [9.17, 15) is 8.42 Å². The summed E-state index contributed by atoms with van der Waals surface area (Å²) in [5.41, 5.74) is 2.86. The van der Waals surface area contributed by atoms with Crippen LogP contribution in [-0.2, 0) is 10.0 Å². The highest BCUT2D eigenvalue weighted by Crippen LogP contribution is 2.24. The maximum atomic E-state index is 12.7. The van der Waals surface area contributed by atoms with Gasteiger partial charge < -0.3 is 0 Å². The number of anilines is 1. The quantitative estimate of drug-likeness (QED) is 0.594. The lowest BCUT2D eigenvalue weighted by molar-refractivity contribution is 0.597. The van der Waals surface area contributed by atoms with Crippen molar-refractivity contribution in [3.8, 4) is 11.1 Å². The van der Waals surface area contributed by atoms with Crippen LogP contribution in [-0.4, -0.2) is 18.4 Å². The molecule has 0 amide bonds. The second-order valence-corrected chi connectivity index (χ2v) is 7.37. The maximum absolute atomic E-state index is 12.7. The summed E-state index contributed by atoms with van der Waals surface area (Å²) in [5.74, 6) is 0. The zero-order valence-corrected chi connectivity index (χ0v) is 14.5. The highest BCUT2D eigenvalue weighted by Gasteiger charge is 2.17. The molecule has 2 heterocycles. The van der Waals surface area contributed by atoms with E-state index in [1.54, 1.807) is 30.6 Å². The van der Waals surface area contributed by atoms with Gasteiger partial charge in [-0.25, -0.2) is 4.98 Å². The second kappa shape index (κ2) is 6.57. The van der Waals surface area contributed by atoms with Crippen LogP contribution in [0.3, 0.4) is 0 Å². The molecule has 0 aliphatic heterocycles. The van der Waals surface area contributed by atoms with E-state index in [2.05, 4.69) is 14.7 Å². The monoisotopic (exact) mass is 361 g/mol. The molecule has 4 aromatic rings. The molecule has 0 spiro atoms. The van der Waals surface area contributed by atoms with Crippen LogP contribution in [0.1, 0.15) is 0 Å². The number of benzene rings is 2. The van der Waals surface area contributed by atoms with Crippen molar-refractivity contribution >= 4 is 26.6 Å². The molecule has 6 heteroatoms. The fourth-order valence-electron chi connectivity index (χ4n) is 2.72. The fourth-order valence-corrected chi connectivity index (χ4v) is 3.72. The Morgan fingerprint density at radius 1 is 0.731 bits per heavy atom. The van der Waals surface area contributed by atoms with Gasteiger partial charge in [-0.3, -0.25) is 9.71 Å². The van der Waals surface area contributed by atoms with E-state index in [0.29, 0.717) is 11.2 Å². The van der Waals surface area contributed by atoms with E-state index in [1.165, 1.54) is 6.07 Å². The molecule has 5 nitrogen and oxygen atoms in total. The minimum atomic E-state index is -3.80. The second-order valence-electron chi connectivity index (χ2n) is 5.74. The number of nitrogens with one attached hydrogen (secondary N) is 1. The summed E-state index contributed by atoms with van der Waals surface area (Å²) in [7, 11) is -3.80. The third-order valence-electron chi connectivity index (χ3n) is 4.00. The van der Waals surface area contributed by atoms with Crippen LogP contribution in [0, 0.1) is 0 Å². The lowest BCUT2D eigenvalue weighted by Crippen LogP contribution is -2.14. The van der Waals surface area contributed by atoms with Crippen molar-refractivity contribution in [2.45, 2.75) is 5.03 Å². The van der Waals surface area contributed by atoms with Crippen LogP contribution < -0.4 is 4.72 Å². The number of fused-ring (bicyclic) bond motifs is 1. The maximum Gasteiger partial charge on any atom is 0.279 e. The number of para-hydroxylation sites is 1. The van der Waals surface area contributed by atoms with Crippen LogP contribution in [0.15, 0.2) is 90.2 Å². The molecule has 0 saturated carbocycles. The Bertz CT molecular complexity index is 1150. The van der Waals surface area contributed by atoms with Gasteiger partial charge in [0.05, 0.1) is 11.2 Å². The van der Waals surface area contributed by atoms with Crippen LogP contribution in [0.4, 0.5) is 5.69 Å². The summed E-state index contributed by atoms with van der Waals surface area (Å²) in [6.45, 7) is 0. The van der Waals surface area contributed by atoms with Crippen molar-refractivity contribution in [2.24, 2.45) is 0 Å². The summed E-state index contributed by atoms with van der Waals surface area (Å²) in [4.78, 5) is 8.40. The SMILES string of the molecule is O=S(=O)(Nc1cccc2cccnc12)c1ccc(-c2ccccc2)cn1. The Labute approximate surface area is 151 Å². The lowest BCUT2D eigenvalue weighted by atomic mass is 10.1. The predicted molar refractivity (Wildman–Crippen MR) is 102 cm³/mol. The molecule has 2 aromatic heterocycles. The van der Waals surface area contributed by atoms with Crippen LogP contribution in [0.2, 0.25) is 0 Å². The van der Waals surface area contributed by atoms with Gasteiger partial charge in [-0.2, -0.15) is 8.42 Å².